The Kier molecular flexibility index (Phi) is 7.85. The number of hydrogen-bond donors (Lipinski definition) is 1. The van der Waals surface area contributed by atoms with Crippen molar-refractivity contribution in [3.8, 4) is 11.5 Å². The summed E-state index contributed by atoms with van der Waals surface area (Å²) in [6.45, 7) is 4.28. The Labute approximate surface area is 190 Å². The molecule has 2 atom stereocenters. The van der Waals surface area contributed by atoms with Crippen molar-refractivity contribution >= 4 is 5.96 Å². The van der Waals surface area contributed by atoms with E-state index in [9.17, 15) is 0 Å². The summed E-state index contributed by atoms with van der Waals surface area (Å²) < 4.78 is 23.3. The van der Waals surface area contributed by atoms with E-state index in [0.29, 0.717) is 19.8 Å². The van der Waals surface area contributed by atoms with E-state index in [4.69, 9.17) is 18.9 Å². The van der Waals surface area contributed by atoms with Gasteiger partial charge in [-0.15, -0.1) is 0 Å². The molecular formula is C25H33N3O4. The van der Waals surface area contributed by atoms with Gasteiger partial charge in [0.1, 0.15) is 12.7 Å². The van der Waals surface area contributed by atoms with Gasteiger partial charge in [-0.1, -0.05) is 36.4 Å². The predicted molar refractivity (Wildman–Crippen MR) is 124 cm³/mol. The summed E-state index contributed by atoms with van der Waals surface area (Å²) in [5.41, 5.74) is 2.22. The van der Waals surface area contributed by atoms with Crippen LogP contribution in [0.1, 0.15) is 24.0 Å². The molecular weight excluding hydrogens is 406 g/mol. The molecule has 0 aromatic heterocycles. The highest BCUT2D eigenvalue weighted by molar-refractivity contribution is 5.80. The summed E-state index contributed by atoms with van der Waals surface area (Å²) in [6.07, 6.45) is 2.49. The van der Waals surface area contributed by atoms with E-state index in [-0.39, 0.29) is 12.2 Å². The molecule has 2 aliphatic rings. The molecule has 4 rings (SSSR count). The van der Waals surface area contributed by atoms with Crippen LogP contribution in [0.2, 0.25) is 0 Å². The molecule has 2 aliphatic heterocycles. The maximum atomic E-state index is 5.97. The maximum absolute atomic E-state index is 5.97. The van der Waals surface area contributed by atoms with Crippen LogP contribution in [0.5, 0.6) is 11.5 Å². The van der Waals surface area contributed by atoms with E-state index in [0.717, 1.165) is 61.1 Å². The fourth-order valence-electron chi connectivity index (χ4n) is 4.18. The van der Waals surface area contributed by atoms with Crippen molar-refractivity contribution in [2.75, 3.05) is 40.5 Å². The van der Waals surface area contributed by atoms with Gasteiger partial charge in [-0.05, 0) is 36.1 Å². The van der Waals surface area contributed by atoms with Crippen molar-refractivity contribution in [3.63, 3.8) is 0 Å². The van der Waals surface area contributed by atoms with E-state index in [1.54, 1.807) is 7.11 Å². The third kappa shape index (κ3) is 5.72. The lowest BCUT2D eigenvalue weighted by atomic mass is 10.1. The monoisotopic (exact) mass is 439 g/mol. The molecule has 7 heteroatoms. The smallest absolute Gasteiger partial charge is 0.194 e. The molecule has 2 fully saturated rings. The van der Waals surface area contributed by atoms with Crippen LogP contribution in [-0.2, 0) is 22.6 Å². The molecule has 172 valence electrons. The van der Waals surface area contributed by atoms with Crippen LogP contribution in [0.25, 0.3) is 0 Å². The van der Waals surface area contributed by atoms with Gasteiger partial charge in [-0.3, -0.25) is 4.99 Å². The summed E-state index contributed by atoms with van der Waals surface area (Å²) in [4.78, 5) is 6.74. The van der Waals surface area contributed by atoms with Crippen molar-refractivity contribution in [1.82, 2.24) is 10.2 Å². The van der Waals surface area contributed by atoms with E-state index in [1.165, 1.54) is 0 Å². The standard InChI is InChI=1S/C25H33N3O4/c1-26-25(28-12-14-31-24(17-28)21-9-6-13-30-21)27-16-20-10-11-22(23(15-20)29-2)32-18-19-7-4-3-5-8-19/h3-5,7-8,10-11,15,21,24H,6,9,12-14,16-18H2,1-2H3,(H,26,27). The Morgan fingerprint density at radius 3 is 2.66 bits per heavy atom. The molecule has 2 unspecified atom stereocenters. The number of rotatable bonds is 7. The molecule has 0 spiro atoms. The van der Waals surface area contributed by atoms with Crippen LogP contribution in [0, 0.1) is 0 Å². The third-order valence-corrected chi connectivity index (χ3v) is 5.90. The first-order chi connectivity index (χ1) is 15.8. The van der Waals surface area contributed by atoms with Crippen LogP contribution in [0.4, 0.5) is 0 Å². The first kappa shape index (κ1) is 22.4. The Balaban J connectivity index is 1.33. The van der Waals surface area contributed by atoms with Gasteiger partial charge in [-0.25, -0.2) is 0 Å². The molecule has 2 heterocycles. The maximum Gasteiger partial charge on any atom is 0.194 e. The normalized spacial score (nSPS) is 21.4. The molecule has 32 heavy (non-hydrogen) atoms. The third-order valence-electron chi connectivity index (χ3n) is 5.90. The zero-order valence-electron chi connectivity index (χ0n) is 19.0. The van der Waals surface area contributed by atoms with Crippen molar-refractivity contribution < 1.29 is 18.9 Å². The zero-order valence-corrected chi connectivity index (χ0v) is 19.0. The Morgan fingerprint density at radius 2 is 1.91 bits per heavy atom. The van der Waals surface area contributed by atoms with Crippen LogP contribution in [0.15, 0.2) is 53.5 Å². The Bertz CT molecular complexity index is 884. The van der Waals surface area contributed by atoms with Crippen LogP contribution >= 0.6 is 0 Å². The lowest BCUT2D eigenvalue weighted by Crippen LogP contribution is -2.53. The second-order valence-corrected chi connectivity index (χ2v) is 8.07. The lowest BCUT2D eigenvalue weighted by molar-refractivity contribution is -0.0817. The average molecular weight is 440 g/mol. The number of methoxy groups -OCH3 is 1. The van der Waals surface area contributed by atoms with Gasteiger partial charge in [0.25, 0.3) is 0 Å². The van der Waals surface area contributed by atoms with Crippen molar-refractivity contribution in [1.29, 1.82) is 0 Å². The van der Waals surface area contributed by atoms with E-state index in [1.807, 2.05) is 49.5 Å². The fraction of sp³-hybridized carbons (Fsp3) is 0.480. The molecule has 0 bridgehead atoms. The minimum Gasteiger partial charge on any atom is -0.493 e. The first-order valence-corrected chi connectivity index (χ1v) is 11.3. The average Bonchev–Trinajstić information content (AvgIpc) is 3.39. The summed E-state index contributed by atoms with van der Waals surface area (Å²) >= 11 is 0. The fourth-order valence-corrected chi connectivity index (χ4v) is 4.18. The second-order valence-electron chi connectivity index (χ2n) is 8.07. The number of nitrogens with zero attached hydrogens (tertiary/aromatic N) is 2. The minimum atomic E-state index is 0.103. The van der Waals surface area contributed by atoms with Crippen molar-refractivity contribution in [2.45, 2.75) is 38.2 Å². The highest BCUT2D eigenvalue weighted by Crippen LogP contribution is 2.29. The number of morpholine rings is 1. The molecule has 1 N–H and O–H groups in total. The largest absolute Gasteiger partial charge is 0.493 e. The molecule has 0 amide bonds. The van der Waals surface area contributed by atoms with Gasteiger partial charge in [-0.2, -0.15) is 0 Å². The van der Waals surface area contributed by atoms with Gasteiger partial charge >= 0.3 is 0 Å². The molecule has 2 aromatic rings. The van der Waals surface area contributed by atoms with Gasteiger partial charge in [0.05, 0.1) is 19.8 Å². The van der Waals surface area contributed by atoms with Crippen LogP contribution < -0.4 is 14.8 Å². The van der Waals surface area contributed by atoms with Crippen molar-refractivity contribution in [2.24, 2.45) is 4.99 Å². The Hall–Kier alpha value is -2.77. The summed E-state index contributed by atoms with van der Waals surface area (Å²) in [5, 5.41) is 3.48. The predicted octanol–water partition coefficient (Wildman–Crippen LogP) is 3.23. The first-order valence-electron chi connectivity index (χ1n) is 11.3. The second kappa shape index (κ2) is 11.2. The number of hydrogen-bond acceptors (Lipinski definition) is 5. The number of ether oxygens (including phenoxy) is 4. The van der Waals surface area contributed by atoms with Crippen LogP contribution in [-0.4, -0.2) is 63.5 Å². The highest BCUT2D eigenvalue weighted by atomic mass is 16.5. The lowest BCUT2D eigenvalue weighted by Gasteiger charge is -2.37. The van der Waals surface area contributed by atoms with E-state index < -0.39 is 0 Å². The molecule has 2 aromatic carbocycles. The van der Waals surface area contributed by atoms with Crippen molar-refractivity contribution in [3.05, 3.63) is 59.7 Å². The molecule has 0 radical (unpaired) electrons. The highest BCUT2D eigenvalue weighted by Gasteiger charge is 2.32. The van der Waals surface area contributed by atoms with Gasteiger partial charge in [0, 0.05) is 33.3 Å². The quantitative estimate of drug-likeness (QED) is 0.528. The topological polar surface area (TPSA) is 64.6 Å². The molecule has 0 aliphatic carbocycles. The minimum absolute atomic E-state index is 0.103. The molecule has 2 saturated heterocycles. The van der Waals surface area contributed by atoms with Gasteiger partial charge in [0.15, 0.2) is 17.5 Å². The molecule has 7 nitrogen and oxygen atoms in total. The SMILES string of the molecule is CN=C(NCc1ccc(OCc2ccccc2)c(OC)c1)N1CCOC(C2CCCO2)C1. The number of benzene rings is 2. The zero-order chi connectivity index (χ0) is 22.2. The van der Waals surface area contributed by atoms with Crippen LogP contribution in [0.3, 0.4) is 0 Å². The van der Waals surface area contributed by atoms with E-state index in [2.05, 4.69) is 21.3 Å². The number of aliphatic imine (C=N–C) groups is 1. The molecule has 0 saturated carbocycles. The summed E-state index contributed by atoms with van der Waals surface area (Å²) in [6, 6.07) is 16.1. The van der Waals surface area contributed by atoms with Gasteiger partial charge in [0.2, 0.25) is 0 Å². The number of nitrogens with one attached hydrogen (secondary N) is 1. The summed E-state index contributed by atoms with van der Waals surface area (Å²) in [7, 11) is 3.49. The van der Waals surface area contributed by atoms with E-state index >= 15 is 0 Å². The summed E-state index contributed by atoms with van der Waals surface area (Å²) in [5.74, 6) is 2.33. The van der Waals surface area contributed by atoms with Gasteiger partial charge < -0.3 is 29.2 Å². The number of guanidine groups is 1. The Morgan fingerprint density at radius 1 is 1.06 bits per heavy atom.